The number of methoxy groups -OCH3 is 1. The van der Waals surface area contributed by atoms with Crippen LogP contribution in [0.5, 0.6) is 0 Å². The Balaban J connectivity index is 1.43. The molecule has 2 heterocycles. The fourth-order valence-electron chi connectivity index (χ4n) is 4.06. The number of fused-ring (bicyclic) bond motifs is 1. The Kier molecular flexibility index (Phi) is 7.60. The first-order valence-corrected chi connectivity index (χ1v) is 11.3. The molecule has 2 aromatic carbocycles. The molecule has 0 radical (unpaired) electrons. The molecule has 3 unspecified atom stereocenters. The van der Waals surface area contributed by atoms with Gasteiger partial charge in [-0.15, -0.1) is 0 Å². The summed E-state index contributed by atoms with van der Waals surface area (Å²) in [5.74, 6) is -1.38. The van der Waals surface area contributed by atoms with Crippen LogP contribution >= 0.6 is 0 Å². The third-order valence-electron chi connectivity index (χ3n) is 6.16. The zero-order valence-corrected chi connectivity index (χ0v) is 19.5. The van der Waals surface area contributed by atoms with Crippen LogP contribution in [0, 0.1) is 17.1 Å². The van der Waals surface area contributed by atoms with Gasteiger partial charge in [0.05, 0.1) is 24.3 Å². The Morgan fingerprint density at radius 2 is 2.09 bits per heavy atom. The van der Waals surface area contributed by atoms with Crippen LogP contribution in [-0.2, 0) is 27.7 Å². The average Bonchev–Trinajstić information content (AvgIpc) is 3.12. The van der Waals surface area contributed by atoms with Crippen molar-refractivity contribution in [3.63, 3.8) is 0 Å². The molecule has 35 heavy (non-hydrogen) atoms. The van der Waals surface area contributed by atoms with E-state index in [0.29, 0.717) is 53.9 Å². The van der Waals surface area contributed by atoms with Crippen LogP contribution in [0.2, 0.25) is 0 Å². The molecule has 3 atom stereocenters. The van der Waals surface area contributed by atoms with E-state index in [0.717, 1.165) is 0 Å². The quantitative estimate of drug-likeness (QED) is 0.551. The number of aromatic nitrogens is 1. The summed E-state index contributed by atoms with van der Waals surface area (Å²) in [5, 5.41) is 15.3. The summed E-state index contributed by atoms with van der Waals surface area (Å²) in [6.45, 7) is 1.26. The van der Waals surface area contributed by atoms with E-state index in [1.807, 2.05) is 6.07 Å². The minimum Gasteiger partial charge on any atom is -0.408 e. The summed E-state index contributed by atoms with van der Waals surface area (Å²) in [6, 6.07) is 11.0. The lowest BCUT2D eigenvalue weighted by atomic mass is 10.00. The highest BCUT2D eigenvalue weighted by Gasteiger charge is 2.25. The zero-order valence-electron chi connectivity index (χ0n) is 19.5. The molecule has 1 aliphatic rings. The number of benzene rings is 2. The Bertz CT molecular complexity index is 1300. The van der Waals surface area contributed by atoms with E-state index >= 15 is 0 Å². The zero-order chi connectivity index (χ0) is 24.9. The molecule has 0 spiro atoms. The van der Waals surface area contributed by atoms with Gasteiger partial charge in [0.1, 0.15) is 18.0 Å². The highest BCUT2D eigenvalue weighted by atomic mass is 19.1. The summed E-state index contributed by atoms with van der Waals surface area (Å²) in [5.41, 5.74) is 2.69. The van der Waals surface area contributed by atoms with Crippen molar-refractivity contribution in [2.24, 2.45) is 7.05 Å². The topological polar surface area (TPSA) is 119 Å². The van der Waals surface area contributed by atoms with Gasteiger partial charge in [0, 0.05) is 33.7 Å². The summed E-state index contributed by atoms with van der Waals surface area (Å²) < 4.78 is 32.4. The molecule has 3 aromatic rings. The number of halogens is 1. The second-order valence-corrected chi connectivity index (χ2v) is 8.47. The van der Waals surface area contributed by atoms with Gasteiger partial charge in [-0.05, 0) is 41.3 Å². The van der Waals surface area contributed by atoms with Gasteiger partial charge in [0.25, 0.3) is 5.91 Å². The van der Waals surface area contributed by atoms with Gasteiger partial charge in [-0.2, -0.15) is 5.26 Å². The third kappa shape index (κ3) is 5.59. The van der Waals surface area contributed by atoms with Crippen LogP contribution in [0.1, 0.15) is 12.0 Å². The predicted octanol–water partition coefficient (Wildman–Crippen LogP) is 1.88. The lowest BCUT2D eigenvalue weighted by Crippen LogP contribution is -2.49. The molecule has 0 bridgehead atoms. The van der Waals surface area contributed by atoms with E-state index in [9.17, 15) is 19.2 Å². The highest BCUT2D eigenvalue weighted by molar-refractivity contribution is 5.82. The predicted molar refractivity (Wildman–Crippen MR) is 126 cm³/mol. The van der Waals surface area contributed by atoms with Crippen molar-refractivity contribution in [2.75, 3.05) is 26.8 Å². The summed E-state index contributed by atoms with van der Waals surface area (Å²) in [7, 11) is 3.23. The molecule has 184 valence electrons. The van der Waals surface area contributed by atoms with Gasteiger partial charge in [-0.25, -0.2) is 9.18 Å². The number of amides is 1. The first kappa shape index (κ1) is 24.6. The molecule has 1 aliphatic heterocycles. The van der Waals surface area contributed by atoms with Crippen molar-refractivity contribution in [2.45, 2.75) is 31.1 Å². The number of aryl methyl sites for hydroxylation is 1. The van der Waals surface area contributed by atoms with E-state index in [4.69, 9.17) is 13.9 Å². The number of carbonyl (C=O) groups excluding carboxylic acids is 1. The lowest BCUT2D eigenvalue weighted by molar-refractivity contribution is -0.134. The van der Waals surface area contributed by atoms with E-state index < -0.39 is 29.6 Å². The molecule has 10 heteroatoms. The minimum absolute atomic E-state index is 0.00944. The monoisotopic (exact) mass is 482 g/mol. The van der Waals surface area contributed by atoms with E-state index in [2.05, 4.69) is 10.6 Å². The first-order chi connectivity index (χ1) is 16.9. The highest BCUT2D eigenvalue weighted by Crippen LogP contribution is 2.26. The average molecular weight is 483 g/mol. The van der Waals surface area contributed by atoms with Gasteiger partial charge in [-0.3, -0.25) is 9.36 Å². The Labute approximate surface area is 201 Å². The number of nitrogens with one attached hydrogen (secondary N) is 2. The van der Waals surface area contributed by atoms with E-state index in [1.165, 1.54) is 10.6 Å². The van der Waals surface area contributed by atoms with E-state index in [-0.39, 0.29) is 12.5 Å². The number of rotatable bonds is 6. The maximum absolute atomic E-state index is 14.9. The number of nitriles is 1. The second-order valence-electron chi connectivity index (χ2n) is 8.47. The smallest absolute Gasteiger partial charge is 0.408 e. The summed E-state index contributed by atoms with van der Waals surface area (Å²) in [4.78, 5) is 24.4. The minimum atomic E-state index is -0.916. The Morgan fingerprint density at radius 3 is 2.83 bits per heavy atom. The number of hydrogen-bond donors (Lipinski definition) is 2. The molecule has 1 aromatic heterocycles. The largest absolute Gasteiger partial charge is 0.419 e. The maximum atomic E-state index is 14.9. The standard InChI is InChI=1S/C25H27FN4O5/c1-30-21-11-16(5-6-22(21)35-25(30)32)15-3-4-17(20(26)10-15)9-18(12-27)29-24(31)23-14-28-13-19(33-2)7-8-34-23/h3-6,10-11,18-19,23,28H,7-9,13-14H2,1-2H3,(H,29,31). The van der Waals surface area contributed by atoms with Gasteiger partial charge in [0.2, 0.25) is 0 Å². The third-order valence-corrected chi connectivity index (χ3v) is 6.16. The molecule has 1 saturated heterocycles. The lowest BCUT2D eigenvalue weighted by Gasteiger charge is -2.25. The van der Waals surface area contributed by atoms with Crippen molar-refractivity contribution >= 4 is 17.0 Å². The van der Waals surface area contributed by atoms with Gasteiger partial charge >= 0.3 is 5.76 Å². The number of ether oxygens (including phenoxy) is 2. The van der Waals surface area contributed by atoms with Crippen LogP contribution in [-0.4, -0.2) is 55.5 Å². The molecule has 1 fully saturated rings. The van der Waals surface area contributed by atoms with Crippen molar-refractivity contribution in [3.05, 3.63) is 58.3 Å². The number of hydrogen-bond acceptors (Lipinski definition) is 7. The molecule has 4 rings (SSSR count). The maximum Gasteiger partial charge on any atom is 0.419 e. The number of nitrogens with zero attached hydrogens (tertiary/aromatic N) is 2. The van der Waals surface area contributed by atoms with Crippen molar-refractivity contribution < 1.29 is 23.1 Å². The summed E-state index contributed by atoms with van der Waals surface area (Å²) >= 11 is 0. The van der Waals surface area contributed by atoms with Crippen LogP contribution in [0.3, 0.4) is 0 Å². The first-order valence-electron chi connectivity index (χ1n) is 11.3. The molecule has 1 amide bonds. The van der Waals surface area contributed by atoms with Crippen LogP contribution in [0.25, 0.3) is 22.2 Å². The normalized spacial score (nSPS) is 19.5. The van der Waals surface area contributed by atoms with Crippen molar-refractivity contribution in [1.82, 2.24) is 15.2 Å². The van der Waals surface area contributed by atoms with Crippen LogP contribution in [0.4, 0.5) is 4.39 Å². The molecule has 9 nitrogen and oxygen atoms in total. The fraction of sp³-hybridized carbons (Fsp3) is 0.400. The van der Waals surface area contributed by atoms with Gasteiger partial charge in [0.15, 0.2) is 5.58 Å². The van der Waals surface area contributed by atoms with E-state index in [1.54, 1.807) is 44.5 Å². The van der Waals surface area contributed by atoms with Gasteiger partial charge < -0.3 is 24.5 Å². The van der Waals surface area contributed by atoms with Gasteiger partial charge in [-0.1, -0.05) is 18.2 Å². The molecular formula is C25H27FN4O5. The molecule has 0 aliphatic carbocycles. The number of oxazole rings is 1. The SMILES string of the molecule is COC1CCOC(C(=O)NC(C#N)Cc2ccc(-c3ccc4oc(=O)n(C)c4c3)cc2F)CNC1. The van der Waals surface area contributed by atoms with Crippen LogP contribution < -0.4 is 16.4 Å². The molecule has 0 saturated carbocycles. The Morgan fingerprint density at radius 1 is 1.31 bits per heavy atom. The van der Waals surface area contributed by atoms with Crippen LogP contribution in [0.15, 0.2) is 45.6 Å². The second kappa shape index (κ2) is 10.8. The fourth-order valence-corrected chi connectivity index (χ4v) is 4.06. The molecule has 2 N–H and O–H groups in total. The number of carbonyl (C=O) groups is 1. The van der Waals surface area contributed by atoms with Crippen molar-refractivity contribution in [3.8, 4) is 17.2 Å². The van der Waals surface area contributed by atoms with Crippen molar-refractivity contribution in [1.29, 1.82) is 5.26 Å². The molecular weight excluding hydrogens is 455 g/mol. The summed E-state index contributed by atoms with van der Waals surface area (Å²) in [6.07, 6.45) is -0.0682. The Hall–Kier alpha value is -3.52.